The third-order valence-electron chi connectivity index (χ3n) is 5.40. The Labute approximate surface area is 173 Å². The molecule has 29 heavy (non-hydrogen) atoms. The first-order chi connectivity index (χ1) is 13.9. The third kappa shape index (κ3) is 5.64. The van der Waals surface area contributed by atoms with Crippen molar-refractivity contribution in [2.75, 3.05) is 0 Å². The van der Waals surface area contributed by atoms with Gasteiger partial charge in [0.1, 0.15) is 6.61 Å². The Morgan fingerprint density at radius 1 is 0.724 bits per heavy atom. The lowest BCUT2D eigenvalue weighted by molar-refractivity contribution is 0.0472. The lowest BCUT2D eigenvalue weighted by Crippen LogP contribution is -2.04. The van der Waals surface area contributed by atoms with Gasteiger partial charge in [-0.2, -0.15) is 0 Å². The molecule has 0 radical (unpaired) electrons. The van der Waals surface area contributed by atoms with Gasteiger partial charge in [-0.05, 0) is 80.1 Å². The summed E-state index contributed by atoms with van der Waals surface area (Å²) in [6.45, 7) is 10.6. The number of benzene rings is 3. The van der Waals surface area contributed by atoms with E-state index in [-0.39, 0.29) is 5.97 Å². The van der Waals surface area contributed by atoms with Gasteiger partial charge in [-0.15, -0.1) is 0 Å². The molecular weight excluding hydrogens is 360 g/mol. The van der Waals surface area contributed by atoms with Crippen molar-refractivity contribution in [1.82, 2.24) is 0 Å². The summed E-state index contributed by atoms with van der Waals surface area (Å²) in [6.07, 6.45) is 0.962. The molecular formula is C26H28O3. The zero-order valence-electron chi connectivity index (χ0n) is 17.8. The fourth-order valence-electron chi connectivity index (χ4n) is 3.09. The van der Waals surface area contributed by atoms with E-state index in [2.05, 4.69) is 20.8 Å². The van der Waals surface area contributed by atoms with Crippen LogP contribution in [0.25, 0.3) is 0 Å². The van der Waals surface area contributed by atoms with Gasteiger partial charge >= 0.3 is 5.97 Å². The molecule has 0 bridgehead atoms. The molecule has 3 aromatic rings. The van der Waals surface area contributed by atoms with Gasteiger partial charge in [0, 0.05) is 5.56 Å². The number of carbonyl (C=O) groups excluding carboxylic acids is 2. The zero-order chi connectivity index (χ0) is 21.4. The van der Waals surface area contributed by atoms with Crippen LogP contribution in [-0.4, -0.2) is 12.3 Å². The SMILES string of the molecule is Cc1c(C)c(C)c(C=O)c(C)c1C.O=C(OCc1ccccc1)c1ccccc1. The molecule has 3 nitrogen and oxygen atoms in total. The molecule has 0 aromatic heterocycles. The first kappa shape index (κ1) is 22.1. The molecule has 0 aliphatic rings. The summed E-state index contributed by atoms with van der Waals surface area (Å²) in [6, 6.07) is 18.6. The van der Waals surface area contributed by atoms with Gasteiger partial charge in [0.15, 0.2) is 6.29 Å². The summed E-state index contributed by atoms with van der Waals surface area (Å²) in [5.41, 5.74) is 8.47. The molecule has 0 amide bonds. The van der Waals surface area contributed by atoms with E-state index in [9.17, 15) is 9.59 Å². The molecule has 0 atom stereocenters. The second-order valence-corrected chi connectivity index (χ2v) is 7.08. The molecule has 0 saturated heterocycles. The number of ether oxygens (including phenoxy) is 1. The summed E-state index contributed by atoms with van der Waals surface area (Å²) < 4.78 is 5.18. The Hall–Kier alpha value is -3.20. The van der Waals surface area contributed by atoms with E-state index in [0.29, 0.717) is 12.2 Å². The number of rotatable bonds is 4. The maximum Gasteiger partial charge on any atom is 0.338 e. The highest BCUT2D eigenvalue weighted by atomic mass is 16.5. The zero-order valence-corrected chi connectivity index (χ0v) is 17.8. The predicted molar refractivity (Wildman–Crippen MR) is 118 cm³/mol. The number of esters is 1. The van der Waals surface area contributed by atoms with E-state index in [4.69, 9.17) is 4.74 Å². The van der Waals surface area contributed by atoms with Crippen LogP contribution in [0.4, 0.5) is 0 Å². The standard InChI is InChI=1S/C14H12O2.C12H16O/c15-14(13-9-5-2-6-10-13)16-11-12-7-3-1-4-8-12;1-7-8(2)10(4)12(6-13)11(5)9(7)3/h1-10H,11H2;6H,1-5H3. The molecule has 150 valence electrons. The van der Waals surface area contributed by atoms with Crippen molar-refractivity contribution >= 4 is 12.3 Å². The Morgan fingerprint density at radius 2 is 1.17 bits per heavy atom. The summed E-state index contributed by atoms with van der Waals surface area (Å²) in [5.74, 6) is -0.288. The third-order valence-corrected chi connectivity index (χ3v) is 5.40. The second kappa shape index (κ2) is 10.4. The minimum Gasteiger partial charge on any atom is -0.457 e. The highest BCUT2D eigenvalue weighted by molar-refractivity contribution is 5.89. The molecule has 0 fully saturated rings. The molecule has 0 heterocycles. The summed E-state index contributed by atoms with van der Waals surface area (Å²) in [4.78, 5) is 22.5. The maximum atomic E-state index is 11.6. The van der Waals surface area contributed by atoms with Crippen molar-refractivity contribution < 1.29 is 14.3 Å². The Morgan fingerprint density at radius 3 is 1.66 bits per heavy atom. The average Bonchev–Trinajstić information content (AvgIpc) is 2.77. The van der Waals surface area contributed by atoms with Gasteiger partial charge < -0.3 is 4.74 Å². The molecule has 0 saturated carbocycles. The summed E-state index contributed by atoms with van der Waals surface area (Å²) >= 11 is 0. The minimum atomic E-state index is -0.288. The predicted octanol–water partition coefficient (Wildman–Crippen LogP) is 6.08. The molecule has 0 aliphatic heterocycles. The monoisotopic (exact) mass is 388 g/mol. The van der Waals surface area contributed by atoms with Crippen LogP contribution < -0.4 is 0 Å². The fourth-order valence-corrected chi connectivity index (χ4v) is 3.09. The van der Waals surface area contributed by atoms with Crippen molar-refractivity contribution in [1.29, 1.82) is 0 Å². The first-order valence-corrected chi connectivity index (χ1v) is 9.65. The highest BCUT2D eigenvalue weighted by Crippen LogP contribution is 2.24. The Kier molecular flexibility index (Phi) is 7.90. The number of carbonyl (C=O) groups is 2. The highest BCUT2D eigenvalue weighted by Gasteiger charge is 2.10. The van der Waals surface area contributed by atoms with Gasteiger partial charge in [0.2, 0.25) is 0 Å². The van der Waals surface area contributed by atoms with Crippen molar-refractivity contribution in [3.63, 3.8) is 0 Å². The van der Waals surface area contributed by atoms with Crippen LogP contribution in [0, 0.1) is 34.6 Å². The Balaban J connectivity index is 0.000000212. The van der Waals surface area contributed by atoms with E-state index in [1.807, 2.05) is 62.4 Å². The van der Waals surface area contributed by atoms with Gasteiger partial charge in [-0.3, -0.25) is 4.79 Å². The smallest absolute Gasteiger partial charge is 0.338 e. The van der Waals surface area contributed by atoms with Gasteiger partial charge in [-0.25, -0.2) is 4.79 Å². The molecule has 3 heteroatoms. The summed E-state index contributed by atoms with van der Waals surface area (Å²) in [5, 5.41) is 0. The van der Waals surface area contributed by atoms with Gasteiger partial charge in [0.25, 0.3) is 0 Å². The van der Waals surface area contributed by atoms with Crippen LogP contribution in [0.15, 0.2) is 60.7 Å². The first-order valence-electron chi connectivity index (χ1n) is 9.65. The van der Waals surface area contributed by atoms with Crippen molar-refractivity contribution in [2.45, 2.75) is 41.2 Å². The summed E-state index contributed by atoms with van der Waals surface area (Å²) in [7, 11) is 0. The van der Waals surface area contributed by atoms with Crippen molar-refractivity contribution in [2.24, 2.45) is 0 Å². The van der Waals surface area contributed by atoms with Crippen LogP contribution in [0.1, 0.15) is 54.1 Å². The van der Waals surface area contributed by atoms with Crippen LogP contribution >= 0.6 is 0 Å². The number of hydrogen-bond donors (Lipinski definition) is 0. The van der Waals surface area contributed by atoms with E-state index in [1.165, 1.54) is 16.7 Å². The topological polar surface area (TPSA) is 43.4 Å². The number of aldehydes is 1. The second-order valence-electron chi connectivity index (χ2n) is 7.08. The van der Waals surface area contributed by atoms with Crippen molar-refractivity contribution in [3.05, 3.63) is 105 Å². The molecule has 0 unspecified atom stereocenters. The van der Waals surface area contributed by atoms with Crippen LogP contribution in [0.5, 0.6) is 0 Å². The molecule has 0 N–H and O–H groups in total. The average molecular weight is 389 g/mol. The maximum absolute atomic E-state index is 11.6. The van der Waals surface area contributed by atoms with Crippen LogP contribution in [-0.2, 0) is 11.3 Å². The van der Waals surface area contributed by atoms with Gasteiger partial charge in [-0.1, -0.05) is 48.5 Å². The molecule has 3 rings (SSSR count). The van der Waals surface area contributed by atoms with Crippen molar-refractivity contribution in [3.8, 4) is 0 Å². The van der Waals surface area contributed by atoms with E-state index in [0.717, 1.165) is 28.5 Å². The van der Waals surface area contributed by atoms with E-state index >= 15 is 0 Å². The number of hydrogen-bond acceptors (Lipinski definition) is 3. The molecule has 3 aromatic carbocycles. The van der Waals surface area contributed by atoms with E-state index in [1.54, 1.807) is 12.1 Å². The Bertz CT molecular complexity index is 945. The van der Waals surface area contributed by atoms with E-state index < -0.39 is 0 Å². The largest absolute Gasteiger partial charge is 0.457 e. The van der Waals surface area contributed by atoms with Gasteiger partial charge in [0.05, 0.1) is 5.56 Å². The fraction of sp³-hybridized carbons (Fsp3) is 0.231. The normalized spacial score (nSPS) is 9.97. The molecule has 0 spiro atoms. The minimum absolute atomic E-state index is 0.288. The quantitative estimate of drug-likeness (QED) is 0.401. The van der Waals surface area contributed by atoms with Crippen LogP contribution in [0.2, 0.25) is 0 Å². The molecule has 0 aliphatic carbocycles. The van der Waals surface area contributed by atoms with Crippen LogP contribution in [0.3, 0.4) is 0 Å². The lowest BCUT2D eigenvalue weighted by Gasteiger charge is -2.14. The lowest BCUT2D eigenvalue weighted by atomic mass is 9.90.